The number of nitrogens with zero attached hydrogens (tertiary/aromatic N) is 2. The summed E-state index contributed by atoms with van der Waals surface area (Å²) in [5.74, 6) is 1.47. The van der Waals surface area contributed by atoms with Gasteiger partial charge in [-0.15, -0.1) is 10.2 Å². The molecule has 22 heavy (non-hydrogen) atoms. The molecule has 1 aromatic carbocycles. The van der Waals surface area contributed by atoms with Gasteiger partial charge in [0.25, 0.3) is 10.0 Å². The summed E-state index contributed by atoms with van der Waals surface area (Å²) in [6.07, 6.45) is 0. The molecule has 0 atom stereocenters. The molecule has 0 saturated heterocycles. The van der Waals surface area contributed by atoms with Crippen LogP contribution in [0.4, 0.5) is 5.13 Å². The molecule has 1 aromatic heterocycles. The second-order valence-corrected chi connectivity index (χ2v) is 9.35. The van der Waals surface area contributed by atoms with Crippen molar-refractivity contribution in [2.45, 2.75) is 36.9 Å². The van der Waals surface area contributed by atoms with Crippen molar-refractivity contribution < 1.29 is 8.42 Å². The molecule has 2 rings (SSSR count). The van der Waals surface area contributed by atoms with E-state index in [4.69, 9.17) is 0 Å². The fourth-order valence-electron chi connectivity index (χ4n) is 1.71. The Hall–Kier alpha value is -1.12. The molecule has 0 unspecified atom stereocenters. The largest absolute Gasteiger partial charge is 0.263 e. The van der Waals surface area contributed by atoms with Crippen LogP contribution >= 0.6 is 23.1 Å². The van der Waals surface area contributed by atoms with Crippen molar-refractivity contribution >= 4 is 38.3 Å². The fraction of sp³-hybridized carbons (Fsp3) is 0.429. The molecule has 1 heterocycles. The predicted octanol–water partition coefficient (Wildman–Crippen LogP) is 3.70. The second-order valence-electron chi connectivity index (χ2n) is 5.45. The minimum Gasteiger partial charge on any atom is -0.253 e. The topological polar surface area (TPSA) is 72.0 Å². The van der Waals surface area contributed by atoms with Crippen LogP contribution in [-0.2, 0) is 10.0 Å². The van der Waals surface area contributed by atoms with Gasteiger partial charge >= 0.3 is 0 Å². The van der Waals surface area contributed by atoms with Gasteiger partial charge in [0.05, 0.1) is 4.90 Å². The number of nitrogens with one attached hydrogen (secondary N) is 1. The Morgan fingerprint density at radius 1 is 1.27 bits per heavy atom. The van der Waals surface area contributed by atoms with Crippen molar-refractivity contribution in [1.29, 1.82) is 0 Å². The Kier molecular flexibility index (Phi) is 5.46. The average molecular weight is 358 g/mol. The fourth-order valence-corrected chi connectivity index (χ4v) is 5.00. The highest BCUT2D eigenvalue weighted by molar-refractivity contribution is 8.01. The number of sulfonamides is 1. The SMILES string of the molecule is Cc1ccc(C)c(S(=O)(=O)Nc2nnc(SCC(C)C)s2)c1. The van der Waals surface area contributed by atoms with E-state index in [-0.39, 0.29) is 4.90 Å². The van der Waals surface area contributed by atoms with Crippen LogP contribution in [0.25, 0.3) is 0 Å². The van der Waals surface area contributed by atoms with Crippen LogP contribution in [0.15, 0.2) is 27.4 Å². The zero-order valence-corrected chi connectivity index (χ0v) is 15.4. The van der Waals surface area contributed by atoms with E-state index < -0.39 is 10.0 Å². The number of thioether (sulfide) groups is 1. The van der Waals surface area contributed by atoms with Crippen LogP contribution in [0.3, 0.4) is 0 Å². The zero-order valence-electron chi connectivity index (χ0n) is 13.0. The van der Waals surface area contributed by atoms with Crippen LogP contribution in [0.2, 0.25) is 0 Å². The lowest BCUT2D eigenvalue weighted by molar-refractivity contribution is 0.600. The van der Waals surface area contributed by atoms with Gasteiger partial charge in [-0.05, 0) is 37.0 Å². The van der Waals surface area contributed by atoms with Gasteiger partial charge < -0.3 is 0 Å². The van der Waals surface area contributed by atoms with E-state index in [1.165, 1.54) is 11.3 Å². The number of aromatic nitrogens is 2. The van der Waals surface area contributed by atoms with Crippen LogP contribution in [0.1, 0.15) is 25.0 Å². The maximum atomic E-state index is 12.5. The van der Waals surface area contributed by atoms with Gasteiger partial charge in [0, 0.05) is 5.75 Å². The van der Waals surface area contributed by atoms with E-state index in [0.29, 0.717) is 16.6 Å². The summed E-state index contributed by atoms with van der Waals surface area (Å²) in [5.41, 5.74) is 1.61. The maximum Gasteiger partial charge on any atom is 0.263 e. The summed E-state index contributed by atoms with van der Waals surface area (Å²) in [6.45, 7) is 7.89. The zero-order chi connectivity index (χ0) is 16.3. The third kappa shape index (κ3) is 4.44. The van der Waals surface area contributed by atoms with Crippen molar-refractivity contribution in [2.75, 3.05) is 10.5 Å². The van der Waals surface area contributed by atoms with Crippen LogP contribution < -0.4 is 4.72 Å². The molecule has 0 aliphatic heterocycles. The van der Waals surface area contributed by atoms with Crippen LogP contribution in [0.5, 0.6) is 0 Å². The average Bonchev–Trinajstić information content (AvgIpc) is 2.86. The lowest BCUT2D eigenvalue weighted by atomic mass is 10.2. The Morgan fingerprint density at radius 2 is 2.00 bits per heavy atom. The number of aryl methyl sites for hydroxylation is 2. The highest BCUT2D eigenvalue weighted by atomic mass is 32.2. The molecular formula is C14H19N3O2S3. The Morgan fingerprint density at radius 3 is 2.68 bits per heavy atom. The van der Waals surface area contributed by atoms with Crippen molar-refractivity contribution in [2.24, 2.45) is 5.92 Å². The molecule has 0 spiro atoms. The van der Waals surface area contributed by atoms with E-state index in [1.807, 2.05) is 13.0 Å². The van der Waals surface area contributed by atoms with Gasteiger partial charge in [-0.3, -0.25) is 4.72 Å². The van der Waals surface area contributed by atoms with Crippen molar-refractivity contribution in [1.82, 2.24) is 10.2 Å². The molecule has 0 fully saturated rings. The van der Waals surface area contributed by atoms with E-state index in [1.54, 1.807) is 30.8 Å². The van der Waals surface area contributed by atoms with Crippen LogP contribution in [0, 0.1) is 19.8 Å². The Balaban J connectivity index is 2.17. The third-order valence-corrected chi connectivity index (χ3v) is 6.81. The highest BCUT2D eigenvalue weighted by Crippen LogP contribution is 2.28. The first-order chi connectivity index (χ1) is 10.3. The summed E-state index contributed by atoms with van der Waals surface area (Å²) in [7, 11) is -3.64. The van der Waals surface area contributed by atoms with Gasteiger partial charge in [0.2, 0.25) is 5.13 Å². The third-order valence-electron chi connectivity index (χ3n) is 2.80. The lowest BCUT2D eigenvalue weighted by Crippen LogP contribution is -2.14. The van der Waals surface area contributed by atoms with Gasteiger partial charge in [0.1, 0.15) is 0 Å². The Bertz CT molecular complexity index is 754. The molecule has 0 aliphatic carbocycles. The van der Waals surface area contributed by atoms with Gasteiger partial charge in [-0.1, -0.05) is 49.1 Å². The lowest BCUT2D eigenvalue weighted by Gasteiger charge is -2.08. The summed E-state index contributed by atoms with van der Waals surface area (Å²) in [5, 5.41) is 8.22. The van der Waals surface area contributed by atoms with E-state index in [2.05, 4.69) is 28.8 Å². The smallest absolute Gasteiger partial charge is 0.253 e. The molecule has 8 heteroatoms. The number of hydrogen-bond donors (Lipinski definition) is 1. The molecule has 0 amide bonds. The summed E-state index contributed by atoms with van der Waals surface area (Å²) in [6, 6.07) is 5.35. The first-order valence-corrected chi connectivity index (χ1v) is 10.1. The maximum absolute atomic E-state index is 12.5. The summed E-state index contributed by atoms with van der Waals surface area (Å²) < 4.78 is 28.2. The van der Waals surface area contributed by atoms with Crippen molar-refractivity contribution in [3.05, 3.63) is 29.3 Å². The second kappa shape index (κ2) is 6.97. The van der Waals surface area contributed by atoms with Crippen LogP contribution in [-0.4, -0.2) is 24.4 Å². The van der Waals surface area contributed by atoms with E-state index in [0.717, 1.165) is 15.7 Å². The van der Waals surface area contributed by atoms with Gasteiger partial charge in [0.15, 0.2) is 4.34 Å². The van der Waals surface area contributed by atoms with Gasteiger partial charge in [-0.2, -0.15) is 0 Å². The number of benzene rings is 1. The molecule has 2 aromatic rings. The monoisotopic (exact) mass is 357 g/mol. The molecule has 0 bridgehead atoms. The molecule has 0 aliphatic rings. The van der Waals surface area contributed by atoms with Crippen molar-refractivity contribution in [3.8, 4) is 0 Å². The quantitative estimate of drug-likeness (QED) is 0.798. The van der Waals surface area contributed by atoms with E-state index in [9.17, 15) is 8.42 Å². The molecule has 5 nitrogen and oxygen atoms in total. The normalized spacial score (nSPS) is 11.9. The number of rotatable bonds is 6. The predicted molar refractivity (Wildman–Crippen MR) is 92.2 cm³/mol. The van der Waals surface area contributed by atoms with E-state index >= 15 is 0 Å². The first kappa shape index (κ1) is 17.2. The standard InChI is InChI=1S/C14H19N3O2S3/c1-9(2)8-20-14-16-15-13(21-14)17-22(18,19)12-7-10(3)5-6-11(12)4/h5-7,9H,8H2,1-4H3,(H,15,17). The first-order valence-electron chi connectivity index (χ1n) is 6.84. The minimum absolute atomic E-state index is 0.277. The molecule has 0 radical (unpaired) electrons. The minimum atomic E-state index is -3.64. The molecule has 1 N–H and O–H groups in total. The van der Waals surface area contributed by atoms with Crippen molar-refractivity contribution in [3.63, 3.8) is 0 Å². The highest BCUT2D eigenvalue weighted by Gasteiger charge is 2.19. The Labute approximate surface area is 139 Å². The van der Waals surface area contributed by atoms with Gasteiger partial charge in [-0.25, -0.2) is 8.42 Å². The molecule has 120 valence electrons. The number of anilines is 1. The summed E-state index contributed by atoms with van der Waals surface area (Å²) >= 11 is 2.84. The summed E-state index contributed by atoms with van der Waals surface area (Å²) in [4.78, 5) is 0.277. The molecule has 0 saturated carbocycles. The molecular weight excluding hydrogens is 338 g/mol. The number of hydrogen-bond acceptors (Lipinski definition) is 6.